The van der Waals surface area contributed by atoms with E-state index in [0.717, 1.165) is 18.4 Å². The van der Waals surface area contributed by atoms with Crippen molar-refractivity contribution in [3.05, 3.63) is 22.8 Å². The van der Waals surface area contributed by atoms with Crippen LogP contribution in [0.5, 0.6) is 0 Å². The molecule has 0 unspecified atom stereocenters. The van der Waals surface area contributed by atoms with Crippen molar-refractivity contribution in [1.29, 1.82) is 0 Å². The van der Waals surface area contributed by atoms with Crippen LogP contribution in [0.2, 0.25) is 5.15 Å². The number of nitrogens with zero attached hydrogens (tertiary/aromatic N) is 2. The van der Waals surface area contributed by atoms with Crippen LogP contribution >= 0.6 is 11.6 Å². The molecule has 1 aliphatic rings. The number of hydrogen-bond acceptors (Lipinski definition) is 2. The second-order valence-electron chi connectivity index (χ2n) is 3.15. The SMILES string of the molecule is O=C(O)N1CCCc2ccc(Cl)nc21. The fourth-order valence-corrected chi connectivity index (χ4v) is 1.75. The zero-order valence-electron chi connectivity index (χ0n) is 7.40. The molecular formula is C9H9ClN2O2. The van der Waals surface area contributed by atoms with Crippen molar-refractivity contribution in [3.8, 4) is 0 Å². The normalized spacial score (nSPS) is 15.1. The van der Waals surface area contributed by atoms with Crippen LogP contribution in [0.3, 0.4) is 0 Å². The Balaban J connectivity index is 2.46. The fraction of sp³-hybridized carbons (Fsp3) is 0.333. The van der Waals surface area contributed by atoms with E-state index in [0.29, 0.717) is 17.5 Å². The Bertz CT molecular complexity index is 381. The number of rotatable bonds is 0. The average Bonchev–Trinajstić information content (AvgIpc) is 2.16. The predicted octanol–water partition coefficient (Wildman–Crippen LogP) is 2.17. The lowest BCUT2D eigenvalue weighted by Gasteiger charge is -2.25. The molecule has 0 saturated carbocycles. The maximum Gasteiger partial charge on any atom is 0.413 e. The maximum absolute atomic E-state index is 10.9. The van der Waals surface area contributed by atoms with Gasteiger partial charge in [-0.15, -0.1) is 0 Å². The molecule has 2 heterocycles. The minimum Gasteiger partial charge on any atom is -0.465 e. The summed E-state index contributed by atoms with van der Waals surface area (Å²) in [6.07, 6.45) is 0.729. The van der Waals surface area contributed by atoms with Gasteiger partial charge in [0.2, 0.25) is 0 Å². The molecule has 1 amide bonds. The number of fused-ring (bicyclic) bond motifs is 1. The Labute approximate surface area is 86.1 Å². The van der Waals surface area contributed by atoms with Crippen molar-refractivity contribution in [2.45, 2.75) is 12.8 Å². The van der Waals surface area contributed by atoms with Crippen molar-refractivity contribution in [2.75, 3.05) is 11.4 Å². The molecule has 1 N–H and O–H groups in total. The Hall–Kier alpha value is -1.29. The van der Waals surface area contributed by atoms with Crippen molar-refractivity contribution < 1.29 is 9.90 Å². The summed E-state index contributed by atoms with van der Waals surface area (Å²) in [6.45, 7) is 0.496. The van der Waals surface area contributed by atoms with Gasteiger partial charge in [-0.1, -0.05) is 17.7 Å². The monoisotopic (exact) mass is 212 g/mol. The van der Waals surface area contributed by atoms with E-state index >= 15 is 0 Å². The van der Waals surface area contributed by atoms with Gasteiger partial charge in [-0.05, 0) is 24.5 Å². The van der Waals surface area contributed by atoms with Gasteiger partial charge in [0.25, 0.3) is 0 Å². The Morgan fingerprint density at radius 2 is 2.36 bits per heavy atom. The van der Waals surface area contributed by atoms with E-state index in [1.807, 2.05) is 6.07 Å². The molecule has 0 bridgehead atoms. The minimum absolute atomic E-state index is 0.330. The van der Waals surface area contributed by atoms with Crippen LogP contribution in [0.15, 0.2) is 12.1 Å². The standard InChI is InChI=1S/C9H9ClN2O2/c10-7-4-3-6-2-1-5-12(9(13)14)8(6)11-7/h3-4H,1-2,5H2,(H,13,14). The summed E-state index contributed by atoms with van der Waals surface area (Å²) in [5.74, 6) is 0.483. The Kier molecular flexibility index (Phi) is 2.29. The van der Waals surface area contributed by atoms with E-state index in [9.17, 15) is 4.79 Å². The molecule has 2 rings (SSSR count). The molecule has 1 aromatic heterocycles. The molecule has 0 fully saturated rings. The van der Waals surface area contributed by atoms with Crippen LogP contribution in [0, 0.1) is 0 Å². The van der Waals surface area contributed by atoms with E-state index < -0.39 is 6.09 Å². The van der Waals surface area contributed by atoms with Gasteiger partial charge in [-0.3, -0.25) is 4.90 Å². The third-order valence-corrected chi connectivity index (χ3v) is 2.45. The van der Waals surface area contributed by atoms with Crippen molar-refractivity contribution in [3.63, 3.8) is 0 Å². The number of aromatic nitrogens is 1. The molecule has 14 heavy (non-hydrogen) atoms. The van der Waals surface area contributed by atoms with E-state index in [1.54, 1.807) is 6.07 Å². The summed E-state index contributed by atoms with van der Waals surface area (Å²) in [6, 6.07) is 3.52. The first-order valence-electron chi connectivity index (χ1n) is 4.34. The summed E-state index contributed by atoms with van der Waals surface area (Å²) in [4.78, 5) is 16.1. The molecule has 1 aliphatic heterocycles. The molecule has 0 aromatic carbocycles. The summed E-state index contributed by atoms with van der Waals surface area (Å²) >= 11 is 5.72. The van der Waals surface area contributed by atoms with Gasteiger partial charge >= 0.3 is 6.09 Å². The number of carboxylic acid groups (broad SMARTS) is 1. The van der Waals surface area contributed by atoms with E-state index in [1.165, 1.54) is 4.90 Å². The lowest BCUT2D eigenvalue weighted by atomic mass is 10.1. The van der Waals surface area contributed by atoms with Crippen molar-refractivity contribution in [1.82, 2.24) is 4.98 Å². The van der Waals surface area contributed by atoms with Gasteiger partial charge in [0, 0.05) is 6.54 Å². The first-order chi connectivity index (χ1) is 6.68. The van der Waals surface area contributed by atoms with Gasteiger partial charge in [-0.2, -0.15) is 0 Å². The van der Waals surface area contributed by atoms with E-state index in [2.05, 4.69) is 4.98 Å². The maximum atomic E-state index is 10.9. The Morgan fingerprint density at radius 1 is 1.57 bits per heavy atom. The van der Waals surface area contributed by atoms with Crippen molar-refractivity contribution >= 4 is 23.5 Å². The molecule has 0 saturated heterocycles. The molecule has 5 heteroatoms. The highest BCUT2D eigenvalue weighted by molar-refractivity contribution is 6.29. The van der Waals surface area contributed by atoms with Gasteiger partial charge in [0.1, 0.15) is 11.0 Å². The molecule has 1 aromatic rings. The summed E-state index contributed by atoms with van der Waals surface area (Å²) in [5, 5.41) is 9.25. The number of hydrogen-bond donors (Lipinski definition) is 1. The zero-order chi connectivity index (χ0) is 10.1. The molecule has 0 radical (unpaired) electrons. The van der Waals surface area contributed by atoms with Crippen LogP contribution < -0.4 is 4.90 Å². The minimum atomic E-state index is -0.972. The quantitative estimate of drug-likeness (QED) is 0.671. The van der Waals surface area contributed by atoms with Gasteiger partial charge in [0.15, 0.2) is 0 Å². The number of halogens is 1. The molecule has 74 valence electrons. The number of pyridine rings is 1. The molecular weight excluding hydrogens is 204 g/mol. The number of anilines is 1. The largest absolute Gasteiger partial charge is 0.465 e. The van der Waals surface area contributed by atoms with Crippen LogP contribution in [-0.2, 0) is 6.42 Å². The molecule has 4 nitrogen and oxygen atoms in total. The first-order valence-corrected chi connectivity index (χ1v) is 4.72. The summed E-state index contributed by atoms with van der Waals surface area (Å²) in [5.41, 5.74) is 0.947. The van der Waals surface area contributed by atoms with Crippen LogP contribution in [0.1, 0.15) is 12.0 Å². The van der Waals surface area contributed by atoms with Crippen LogP contribution in [-0.4, -0.2) is 22.7 Å². The smallest absolute Gasteiger partial charge is 0.413 e. The summed E-state index contributed by atoms with van der Waals surface area (Å²) in [7, 11) is 0. The van der Waals surface area contributed by atoms with Gasteiger partial charge in [-0.25, -0.2) is 9.78 Å². The number of carbonyl (C=O) groups is 1. The van der Waals surface area contributed by atoms with Crippen molar-refractivity contribution in [2.24, 2.45) is 0 Å². The highest BCUT2D eigenvalue weighted by Crippen LogP contribution is 2.26. The molecule has 0 aliphatic carbocycles. The van der Waals surface area contributed by atoms with E-state index in [-0.39, 0.29) is 0 Å². The topological polar surface area (TPSA) is 53.4 Å². The third-order valence-electron chi connectivity index (χ3n) is 2.24. The van der Waals surface area contributed by atoms with E-state index in [4.69, 9.17) is 16.7 Å². The molecule has 0 atom stereocenters. The number of amides is 1. The second kappa shape index (κ2) is 3.46. The first kappa shape index (κ1) is 9.27. The fourth-order valence-electron chi connectivity index (χ4n) is 1.60. The van der Waals surface area contributed by atoms with Crippen LogP contribution in [0.4, 0.5) is 10.6 Å². The van der Waals surface area contributed by atoms with Gasteiger partial charge in [0.05, 0.1) is 0 Å². The lowest BCUT2D eigenvalue weighted by Crippen LogP contribution is -2.34. The molecule has 0 spiro atoms. The zero-order valence-corrected chi connectivity index (χ0v) is 8.16. The van der Waals surface area contributed by atoms with Gasteiger partial charge < -0.3 is 5.11 Å². The number of aryl methyl sites for hydroxylation is 1. The predicted molar refractivity (Wildman–Crippen MR) is 52.9 cm³/mol. The average molecular weight is 213 g/mol. The lowest BCUT2D eigenvalue weighted by molar-refractivity contribution is 0.201. The van der Waals surface area contributed by atoms with Crippen LogP contribution in [0.25, 0.3) is 0 Å². The second-order valence-corrected chi connectivity index (χ2v) is 3.54. The highest BCUT2D eigenvalue weighted by Gasteiger charge is 2.23. The Morgan fingerprint density at radius 3 is 3.07 bits per heavy atom. The third kappa shape index (κ3) is 1.53. The highest BCUT2D eigenvalue weighted by atomic mass is 35.5. The summed E-state index contributed by atoms with van der Waals surface area (Å²) < 4.78 is 0.